The van der Waals surface area contributed by atoms with Crippen molar-refractivity contribution in [3.8, 4) is 0 Å². The number of morpholine rings is 1. The van der Waals surface area contributed by atoms with Gasteiger partial charge in [0.2, 0.25) is 0 Å². The first-order chi connectivity index (χ1) is 10.8. The molecule has 1 unspecified atom stereocenters. The lowest BCUT2D eigenvalue weighted by Crippen LogP contribution is -2.36. The molecule has 0 aliphatic carbocycles. The average molecular weight is 301 g/mol. The molecule has 2 aliphatic heterocycles. The van der Waals surface area contributed by atoms with Crippen LogP contribution in [0.15, 0.2) is 18.3 Å². The summed E-state index contributed by atoms with van der Waals surface area (Å²) in [6.45, 7) is 5.74. The highest BCUT2D eigenvalue weighted by atomic mass is 16.5. The molecule has 2 aromatic heterocycles. The van der Waals surface area contributed by atoms with E-state index in [9.17, 15) is 0 Å². The number of nitrogens with zero attached hydrogens (tertiary/aromatic N) is 5. The molecule has 0 aromatic carbocycles. The van der Waals surface area contributed by atoms with Crippen molar-refractivity contribution >= 4 is 11.3 Å². The molecule has 2 saturated heterocycles. The average Bonchev–Trinajstić information content (AvgIpc) is 2.99. The minimum atomic E-state index is 0.463. The van der Waals surface area contributed by atoms with Crippen LogP contribution in [0.1, 0.15) is 24.6 Å². The van der Waals surface area contributed by atoms with Crippen LogP contribution in [-0.2, 0) is 4.74 Å². The van der Waals surface area contributed by atoms with Crippen molar-refractivity contribution in [1.29, 1.82) is 0 Å². The fourth-order valence-corrected chi connectivity index (χ4v) is 3.45. The SMILES string of the molecule is CN1CCCC(c2nc3ccc(N4CCOCC4)cn3n2)C1. The predicted octanol–water partition coefficient (Wildman–Crippen LogP) is 1.38. The van der Waals surface area contributed by atoms with Gasteiger partial charge in [0.1, 0.15) is 0 Å². The van der Waals surface area contributed by atoms with E-state index < -0.39 is 0 Å². The van der Waals surface area contributed by atoms with Crippen LogP contribution in [0.4, 0.5) is 5.69 Å². The second-order valence-corrected chi connectivity index (χ2v) is 6.36. The van der Waals surface area contributed by atoms with Crippen molar-refractivity contribution in [1.82, 2.24) is 19.5 Å². The second-order valence-electron chi connectivity index (χ2n) is 6.36. The van der Waals surface area contributed by atoms with Gasteiger partial charge >= 0.3 is 0 Å². The number of pyridine rings is 1. The van der Waals surface area contributed by atoms with Gasteiger partial charge in [0.25, 0.3) is 0 Å². The van der Waals surface area contributed by atoms with E-state index in [1.807, 2.05) is 4.52 Å². The Bertz CT molecular complexity index is 649. The number of fused-ring (bicyclic) bond motifs is 1. The maximum absolute atomic E-state index is 5.42. The largest absolute Gasteiger partial charge is 0.378 e. The van der Waals surface area contributed by atoms with Crippen molar-refractivity contribution in [2.75, 3.05) is 51.3 Å². The number of ether oxygens (including phenoxy) is 1. The second kappa shape index (κ2) is 5.85. The first-order valence-corrected chi connectivity index (χ1v) is 8.17. The maximum Gasteiger partial charge on any atom is 0.156 e. The molecule has 1 atom stereocenters. The topological polar surface area (TPSA) is 45.9 Å². The number of piperidine rings is 1. The van der Waals surface area contributed by atoms with Gasteiger partial charge in [-0.15, -0.1) is 0 Å². The van der Waals surface area contributed by atoms with E-state index in [2.05, 4.69) is 35.2 Å². The van der Waals surface area contributed by atoms with Crippen molar-refractivity contribution in [3.63, 3.8) is 0 Å². The Morgan fingerprint density at radius 1 is 1.18 bits per heavy atom. The van der Waals surface area contributed by atoms with Gasteiger partial charge in [0, 0.05) is 25.6 Å². The quantitative estimate of drug-likeness (QED) is 0.838. The molecular formula is C16H23N5O. The number of aromatic nitrogens is 3. The number of likely N-dealkylation sites (N-methyl/N-ethyl adjacent to an activating group) is 1. The third-order valence-electron chi connectivity index (χ3n) is 4.70. The lowest BCUT2D eigenvalue weighted by atomic mass is 9.98. The molecule has 6 nitrogen and oxygen atoms in total. The van der Waals surface area contributed by atoms with Crippen LogP contribution >= 0.6 is 0 Å². The van der Waals surface area contributed by atoms with Gasteiger partial charge in [-0.25, -0.2) is 9.50 Å². The summed E-state index contributed by atoms with van der Waals surface area (Å²) in [6, 6.07) is 4.22. The Hall–Kier alpha value is -1.66. The first kappa shape index (κ1) is 14.0. The molecular weight excluding hydrogens is 278 g/mol. The summed E-state index contributed by atoms with van der Waals surface area (Å²) in [4.78, 5) is 9.46. The van der Waals surface area contributed by atoms with Crippen LogP contribution in [0, 0.1) is 0 Å². The highest BCUT2D eigenvalue weighted by Crippen LogP contribution is 2.25. The van der Waals surface area contributed by atoms with E-state index in [1.54, 1.807) is 0 Å². The maximum atomic E-state index is 5.42. The van der Waals surface area contributed by atoms with Gasteiger partial charge in [0.15, 0.2) is 11.5 Å². The fourth-order valence-electron chi connectivity index (χ4n) is 3.45. The smallest absolute Gasteiger partial charge is 0.156 e. The first-order valence-electron chi connectivity index (χ1n) is 8.17. The van der Waals surface area contributed by atoms with Crippen molar-refractivity contribution in [2.24, 2.45) is 0 Å². The zero-order valence-electron chi connectivity index (χ0n) is 13.1. The summed E-state index contributed by atoms with van der Waals surface area (Å²) in [5, 5.41) is 4.75. The van der Waals surface area contributed by atoms with Crippen molar-refractivity contribution in [2.45, 2.75) is 18.8 Å². The summed E-state index contributed by atoms with van der Waals surface area (Å²) >= 11 is 0. The Morgan fingerprint density at radius 2 is 2.05 bits per heavy atom. The van der Waals surface area contributed by atoms with Gasteiger partial charge in [-0.1, -0.05) is 0 Å². The van der Waals surface area contributed by atoms with Gasteiger partial charge in [-0.3, -0.25) is 0 Å². The zero-order valence-corrected chi connectivity index (χ0v) is 13.1. The van der Waals surface area contributed by atoms with Crippen LogP contribution in [0.2, 0.25) is 0 Å². The van der Waals surface area contributed by atoms with E-state index in [1.165, 1.54) is 25.1 Å². The predicted molar refractivity (Wildman–Crippen MR) is 85.5 cm³/mol. The highest BCUT2D eigenvalue weighted by Gasteiger charge is 2.23. The molecule has 0 N–H and O–H groups in total. The monoisotopic (exact) mass is 301 g/mol. The lowest BCUT2D eigenvalue weighted by Gasteiger charge is -2.28. The molecule has 0 spiro atoms. The molecule has 0 saturated carbocycles. The van der Waals surface area contributed by atoms with E-state index in [0.29, 0.717) is 5.92 Å². The van der Waals surface area contributed by atoms with E-state index >= 15 is 0 Å². The van der Waals surface area contributed by atoms with Crippen molar-refractivity contribution in [3.05, 3.63) is 24.2 Å². The minimum Gasteiger partial charge on any atom is -0.378 e. The molecule has 0 radical (unpaired) electrons. The Labute approximate surface area is 130 Å². The Kier molecular flexibility index (Phi) is 3.72. The summed E-state index contributed by atoms with van der Waals surface area (Å²) in [5.41, 5.74) is 2.15. The number of anilines is 1. The van der Waals surface area contributed by atoms with Crippen LogP contribution in [-0.4, -0.2) is 65.9 Å². The lowest BCUT2D eigenvalue weighted by molar-refractivity contribution is 0.122. The Morgan fingerprint density at radius 3 is 2.86 bits per heavy atom. The molecule has 0 amide bonds. The van der Waals surface area contributed by atoms with Crippen LogP contribution in [0.3, 0.4) is 0 Å². The molecule has 6 heteroatoms. The molecule has 2 fully saturated rings. The van der Waals surface area contributed by atoms with E-state index in [0.717, 1.165) is 44.3 Å². The van der Waals surface area contributed by atoms with Gasteiger partial charge in [0.05, 0.1) is 25.1 Å². The van der Waals surface area contributed by atoms with Gasteiger partial charge < -0.3 is 14.5 Å². The van der Waals surface area contributed by atoms with Crippen LogP contribution in [0.25, 0.3) is 5.65 Å². The van der Waals surface area contributed by atoms with Crippen molar-refractivity contribution < 1.29 is 4.74 Å². The molecule has 22 heavy (non-hydrogen) atoms. The third kappa shape index (κ3) is 2.68. The van der Waals surface area contributed by atoms with Gasteiger partial charge in [-0.05, 0) is 38.6 Å². The van der Waals surface area contributed by atoms with Crippen LogP contribution in [0.5, 0.6) is 0 Å². The number of likely N-dealkylation sites (tertiary alicyclic amines) is 1. The standard InChI is InChI=1S/C16H23N5O/c1-19-6-2-3-13(11-19)16-17-15-5-4-14(12-21(15)18-16)20-7-9-22-10-8-20/h4-5,12-13H,2-3,6-11H2,1H3. The summed E-state index contributed by atoms with van der Waals surface area (Å²) in [7, 11) is 2.18. The summed E-state index contributed by atoms with van der Waals surface area (Å²) < 4.78 is 7.36. The molecule has 4 rings (SSSR count). The molecule has 2 aromatic rings. The van der Waals surface area contributed by atoms with E-state index in [-0.39, 0.29) is 0 Å². The summed E-state index contributed by atoms with van der Waals surface area (Å²) in [5.74, 6) is 1.45. The highest BCUT2D eigenvalue weighted by molar-refractivity contribution is 5.51. The minimum absolute atomic E-state index is 0.463. The van der Waals surface area contributed by atoms with E-state index in [4.69, 9.17) is 14.8 Å². The van der Waals surface area contributed by atoms with Crippen LogP contribution < -0.4 is 4.90 Å². The number of hydrogen-bond donors (Lipinski definition) is 0. The Balaban J connectivity index is 1.60. The molecule has 4 heterocycles. The number of rotatable bonds is 2. The molecule has 118 valence electrons. The normalized spacial score (nSPS) is 24.0. The third-order valence-corrected chi connectivity index (χ3v) is 4.70. The number of hydrogen-bond acceptors (Lipinski definition) is 5. The van der Waals surface area contributed by atoms with Gasteiger partial charge in [-0.2, -0.15) is 5.10 Å². The summed E-state index contributed by atoms with van der Waals surface area (Å²) in [6.07, 6.45) is 4.52. The molecule has 0 bridgehead atoms. The fraction of sp³-hybridized carbons (Fsp3) is 0.625. The zero-order chi connectivity index (χ0) is 14.9. The molecule has 2 aliphatic rings.